The molecule has 5 nitrogen and oxygen atoms in total. The van der Waals surface area contributed by atoms with Gasteiger partial charge >= 0.3 is 0 Å². The Labute approximate surface area is 150 Å². The van der Waals surface area contributed by atoms with Gasteiger partial charge in [-0.3, -0.25) is 4.99 Å². The van der Waals surface area contributed by atoms with Gasteiger partial charge in [-0.05, 0) is 38.0 Å². The number of benzene rings is 1. The molecule has 1 aromatic rings. The molecule has 0 fully saturated rings. The highest BCUT2D eigenvalue weighted by molar-refractivity contribution is 14.0. The summed E-state index contributed by atoms with van der Waals surface area (Å²) in [5, 5.41) is 6.55. The zero-order chi connectivity index (χ0) is 15.5. The van der Waals surface area contributed by atoms with Crippen LogP contribution in [0.1, 0.15) is 25.8 Å². The minimum atomic E-state index is 0. The Morgan fingerprint density at radius 1 is 1.18 bits per heavy atom. The van der Waals surface area contributed by atoms with Crippen LogP contribution in [0.3, 0.4) is 0 Å². The van der Waals surface area contributed by atoms with Gasteiger partial charge in [0.05, 0.1) is 13.2 Å². The van der Waals surface area contributed by atoms with Crippen molar-refractivity contribution >= 4 is 29.9 Å². The van der Waals surface area contributed by atoms with Crippen LogP contribution in [0.4, 0.5) is 0 Å². The summed E-state index contributed by atoms with van der Waals surface area (Å²) in [4.78, 5) is 4.20. The summed E-state index contributed by atoms with van der Waals surface area (Å²) < 4.78 is 10.6. The molecule has 0 atom stereocenters. The van der Waals surface area contributed by atoms with Gasteiger partial charge in [-0.1, -0.05) is 12.1 Å². The van der Waals surface area contributed by atoms with Gasteiger partial charge in [0.2, 0.25) is 0 Å². The largest absolute Gasteiger partial charge is 0.497 e. The van der Waals surface area contributed by atoms with Crippen molar-refractivity contribution in [2.24, 2.45) is 4.99 Å². The summed E-state index contributed by atoms with van der Waals surface area (Å²) in [6.07, 6.45) is 1.25. The molecule has 2 N–H and O–H groups in total. The van der Waals surface area contributed by atoms with Crippen LogP contribution in [-0.2, 0) is 11.3 Å². The molecule has 0 aromatic heterocycles. The normalized spacial score (nSPS) is 11.0. The highest BCUT2D eigenvalue weighted by Gasteiger charge is 1.99. The fourth-order valence-corrected chi connectivity index (χ4v) is 1.75. The minimum absolute atomic E-state index is 0. The third kappa shape index (κ3) is 9.09. The monoisotopic (exact) mass is 421 g/mol. The number of rotatable bonds is 8. The summed E-state index contributed by atoms with van der Waals surface area (Å²) in [6, 6.07) is 7.98. The predicted octanol–water partition coefficient (Wildman–Crippen LogP) is 2.79. The zero-order valence-electron chi connectivity index (χ0n) is 13.9. The third-order valence-electron chi connectivity index (χ3n) is 2.91. The SMILES string of the molecule is CN=C(NCCCOC(C)C)NCc1ccc(OC)cc1.I. The van der Waals surface area contributed by atoms with Crippen LogP contribution in [0, 0.1) is 0 Å². The maximum Gasteiger partial charge on any atom is 0.191 e. The molecule has 0 bridgehead atoms. The number of hydrogen-bond acceptors (Lipinski definition) is 3. The molecule has 6 heteroatoms. The fourth-order valence-electron chi connectivity index (χ4n) is 1.75. The number of ether oxygens (including phenoxy) is 2. The zero-order valence-corrected chi connectivity index (χ0v) is 16.2. The smallest absolute Gasteiger partial charge is 0.191 e. The van der Waals surface area contributed by atoms with Gasteiger partial charge in [-0.15, -0.1) is 24.0 Å². The number of nitrogens with zero attached hydrogens (tertiary/aromatic N) is 1. The fraction of sp³-hybridized carbons (Fsp3) is 0.562. The lowest BCUT2D eigenvalue weighted by Gasteiger charge is -2.13. The van der Waals surface area contributed by atoms with Gasteiger partial charge in [-0.25, -0.2) is 0 Å². The molecule has 126 valence electrons. The first-order valence-corrected chi connectivity index (χ1v) is 7.34. The number of nitrogens with one attached hydrogen (secondary N) is 2. The molecule has 0 saturated heterocycles. The van der Waals surface area contributed by atoms with Crippen molar-refractivity contribution < 1.29 is 9.47 Å². The van der Waals surface area contributed by atoms with E-state index in [-0.39, 0.29) is 30.1 Å². The molecule has 0 heterocycles. The quantitative estimate of drug-likeness (QED) is 0.294. The van der Waals surface area contributed by atoms with Crippen LogP contribution in [0.5, 0.6) is 5.75 Å². The lowest BCUT2D eigenvalue weighted by atomic mass is 10.2. The van der Waals surface area contributed by atoms with Crippen LogP contribution < -0.4 is 15.4 Å². The van der Waals surface area contributed by atoms with Crippen LogP contribution in [0.2, 0.25) is 0 Å². The number of aliphatic imine (C=N–C) groups is 1. The van der Waals surface area contributed by atoms with Crippen LogP contribution >= 0.6 is 24.0 Å². The second-order valence-corrected chi connectivity index (χ2v) is 4.97. The summed E-state index contributed by atoms with van der Waals surface area (Å²) >= 11 is 0. The van der Waals surface area contributed by atoms with Crippen molar-refractivity contribution in [2.45, 2.75) is 32.9 Å². The summed E-state index contributed by atoms with van der Waals surface area (Å²) in [7, 11) is 3.44. The van der Waals surface area contributed by atoms with Crippen LogP contribution in [0.15, 0.2) is 29.3 Å². The van der Waals surface area contributed by atoms with E-state index in [9.17, 15) is 0 Å². The molecular weight excluding hydrogens is 393 g/mol. The molecule has 0 saturated carbocycles. The third-order valence-corrected chi connectivity index (χ3v) is 2.91. The number of methoxy groups -OCH3 is 1. The van der Waals surface area contributed by atoms with Gasteiger partial charge in [0.25, 0.3) is 0 Å². The van der Waals surface area contributed by atoms with Crippen molar-refractivity contribution in [3.8, 4) is 5.75 Å². The number of hydrogen-bond donors (Lipinski definition) is 2. The predicted molar refractivity (Wildman–Crippen MR) is 102 cm³/mol. The first-order valence-electron chi connectivity index (χ1n) is 7.34. The Morgan fingerprint density at radius 2 is 1.86 bits per heavy atom. The van der Waals surface area contributed by atoms with Crippen molar-refractivity contribution in [1.29, 1.82) is 0 Å². The number of halogens is 1. The highest BCUT2D eigenvalue weighted by Crippen LogP contribution is 2.10. The molecule has 1 rings (SSSR count). The molecule has 0 aliphatic carbocycles. The average Bonchev–Trinajstić information content (AvgIpc) is 2.50. The van der Waals surface area contributed by atoms with Gasteiger partial charge in [-0.2, -0.15) is 0 Å². The van der Waals surface area contributed by atoms with Crippen molar-refractivity contribution in [3.63, 3.8) is 0 Å². The van der Waals surface area contributed by atoms with Crippen molar-refractivity contribution in [1.82, 2.24) is 10.6 Å². The van der Waals surface area contributed by atoms with Crippen LogP contribution in [-0.4, -0.2) is 39.4 Å². The first-order chi connectivity index (χ1) is 10.2. The maximum atomic E-state index is 5.50. The lowest BCUT2D eigenvalue weighted by molar-refractivity contribution is 0.0776. The highest BCUT2D eigenvalue weighted by atomic mass is 127. The van der Waals surface area contributed by atoms with Gasteiger partial charge in [0.1, 0.15) is 5.75 Å². The van der Waals surface area contributed by atoms with E-state index in [4.69, 9.17) is 9.47 Å². The van der Waals surface area contributed by atoms with E-state index in [1.807, 2.05) is 38.1 Å². The molecule has 0 aliphatic heterocycles. The van der Waals surface area contributed by atoms with E-state index < -0.39 is 0 Å². The molecule has 1 aromatic carbocycles. The van der Waals surface area contributed by atoms with Gasteiger partial charge in [0, 0.05) is 26.7 Å². The lowest BCUT2D eigenvalue weighted by Crippen LogP contribution is -2.37. The van der Waals surface area contributed by atoms with Gasteiger partial charge < -0.3 is 20.1 Å². The second kappa shape index (κ2) is 12.5. The first kappa shape index (κ1) is 21.0. The Balaban J connectivity index is 0.00000441. The average molecular weight is 421 g/mol. The molecule has 22 heavy (non-hydrogen) atoms. The van der Waals surface area contributed by atoms with E-state index in [2.05, 4.69) is 15.6 Å². The van der Waals surface area contributed by atoms with Crippen molar-refractivity contribution in [2.75, 3.05) is 27.3 Å². The topological polar surface area (TPSA) is 54.9 Å². The second-order valence-electron chi connectivity index (χ2n) is 4.97. The molecule has 0 aliphatic rings. The molecule has 0 amide bonds. The minimum Gasteiger partial charge on any atom is -0.497 e. The Bertz CT molecular complexity index is 422. The standard InChI is InChI=1S/C16H27N3O2.HI/c1-13(2)21-11-5-10-18-16(17-3)19-12-14-6-8-15(20-4)9-7-14;/h6-9,13H,5,10-12H2,1-4H3,(H2,17,18,19);1H. The van der Waals surface area contributed by atoms with Crippen molar-refractivity contribution in [3.05, 3.63) is 29.8 Å². The van der Waals surface area contributed by atoms with Gasteiger partial charge in [0.15, 0.2) is 5.96 Å². The summed E-state index contributed by atoms with van der Waals surface area (Å²) in [5.41, 5.74) is 1.18. The van der Waals surface area contributed by atoms with E-state index >= 15 is 0 Å². The summed E-state index contributed by atoms with van der Waals surface area (Å²) in [6.45, 7) is 6.42. The van der Waals surface area contributed by atoms with Crippen LogP contribution in [0.25, 0.3) is 0 Å². The number of guanidine groups is 1. The van der Waals surface area contributed by atoms with E-state index in [1.54, 1.807) is 14.2 Å². The molecule has 0 spiro atoms. The van der Waals surface area contributed by atoms with E-state index in [1.165, 1.54) is 5.56 Å². The summed E-state index contributed by atoms with van der Waals surface area (Å²) in [5.74, 6) is 1.67. The van der Waals surface area contributed by atoms with E-state index in [0.29, 0.717) is 0 Å². The molecular formula is C16H28IN3O2. The molecule has 0 radical (unpaired) electrons. The Hall–Kier alpha value is -1.02. The molecule has 0 unspecified atom stereocenters. The Morgan fingerprint density at radius 3 is 2.41 bits per heavy atom. The van der Waals surface area contributed by atoms with E-state index in [0.717, 1.165) is 37.8 Å². The Kier molecular flexibility index (Phi) is 11.9. The maximum absolute atomic E-state index is 5.50.